The Labute approximate surface area is 189 Å². The molecule has 3 aromatic carbocycles. The minimum Gasteiger partial charge on any atom is -0.481 e. The van der Waals surface area contributed by atoms with Gasteiger partial charge in [-0.3, -0.25) is 4.79 Å². The standard InChI is InChI=1S/C24H21BrN2O4/c1-16-4-3-5-19(14-16)24(29)31-22-10-6-18(7-11-22)15-26-27-23(28)17(2)30-21-12-8-20(25)9-13-21/h3-15,17H,1-2H3,(H,27,28)/b26-15-/t17-/m0/s1. The van der Waals surface area contributed by atoms with Crippen LogP contribution in [0.2, 0.25) is 0 Å². The van der Waals surface area contributed by atoms with E-state index in [1.165, 1.54) is 6.21 Å². The van der Waals surface area contributed by atoms with Gasteiger partial charge < -0.3 is 9.47 Å². The summed E-state index contributed by atoms with van der Waals surface area (Å²) in [5, 5.41) is 3.95. The van der Waals surface area contributed by atoms with Crippen LogP contribution in [0.4, 0.5) is 0 Å². The maximum atomic E-state index is 12.2. The first-order chi connectivity index (χ1) is 14.9. The van der Waals surface area contributed by atoms with Gasteiger partial charge >= 0.3 is 5.97 Å². The number of carbonyl (C=O) groups excluding carboxylic acids is 2. The lowest BCUT2D eigenvalue weighted by molar-refractivity contribution is -0.127. The van der Waals surface area contributed by atoms with Gasteiger partial charge in [-0.25, -0.2) is 10.2 Å². The second-order valence-corrected chi connectivity index (χ2v) is 7.69. The summed E-state index contributed by atoms with van der Waals surface area (Å²) in [6.07, 6.45) is 0.790. The average Bonchev–Trinajstić information content (AvgIpc) is 2.76. The molecule has 1 amide bonds. The molecule has 158 valence electrons. The van der Waals surface area contributed by atoms with Gasteiger partial charge in [-0.05, 0) is 80.1 Å². The number of carbonyl (C=O) groups is 2. The van der Waals surface area contributed by atoms with Gasteiger partial charge in [0, 0.05) is 4.47 Å². The minimum absolute atomic E-state index is 0.372. The molecule has 0 fully saturated rings. The second kappa shape index (κ2) is 10.5. The lowest BCUT2D eigenvalue weighted by Crippen LogP contribution is -2.33. The molecule has 1 N–H and O–H groups in total. The lowest BCUT2D eigenvalue weighted by atomic mass is 10.1. The molecule has 7 heteroatoms. The van der Waals surface area contributed by atoms with Crippen molar-refractivity contribution in [1.82, 2.24) is 5.43 Å². The molecule has 0 aromatic heterocycles. The first-order valence-corrected chi connectivity index (χ1v) is 10.3. The van der Waals surface area contributed by atoms with Crippen LogP contribution in [0.5, 0.6) is 11.5 Å². The molecule has 0 radical (unpaired) electrons. The molecule has 0 aliphatic heterocycles. The Morgan fingerprint density at radius 2 is 1.68 bits per heavy atom. The third-order valence-electron chi connectivity index (χ3n) is 4.23. The van der Waals surface area contributed by atoms with E-state index in [4.69, 9.17) is 9.47 Å². The van der Waals surface area contributed by atoms with Crippen LogP contribution < -0.4 is 14.9 Å². The summed E-state index contributed by atoms with van der Waals surface area (Å²) in [5.74, 6) is 0.217. The van der Waals surface area contributed by atoms with Crippen LogP contribution in [0.25, 0.3) is 0 Å². The number of nitrogens with one attached hydrogen (secondary N) is 1. The van der Waals surface area contributed by atoms with Gasteiger partial charge in [0.1, 0.15) is 11.5 Å². The molecule has 1 atom stereocenters. The topological polar surface area (TPSA) is 77.0 Å². The molecule has 6 nitrogen and oxygen atoms in total. The van der Waals surface area contributed by atoms with E-state index in [0.29, 0.717) is 17.1 Å². The van der Waals surface area contributed by atoms with E-state index in [-0.39, 0.29) is 5.91 Å². The molecule has 3 rings (SSSR count). The number of nitrogens with zero attached hydrogens (tertiary/aromatic N) is 1. The maximum Gasteiger partial charge on any atom is 0.343 e. The normalized spacial score (nSPS) is 11.7. The van der Waals surface area contributed by atoms with Gasteiger partial charge in [0.05, 0.1) is 11.8 Å². The van der Waals surface area contributed by atoms with Crippen LogP contribution >= 0.6 is 15.9 Å². The summed E-state index contributed by atoms with van der Waals surface area (Å²) in [6, 6.07) is 21.2. The molecule has 0 unspecified atom stereocenters. The predicted molar refractivity (Wildman–Crippen MR) is 123 cm³/mol. The summed E-state index contributed by atoms with van der Waals surface area (Å²) >= 11 is 3.35. The number of ether oxygens (including phenoxy) is 2. The Bertz CT molecular complexity index is 1080. The molecule has 0 saturated heterocycles. The quantitative estimate of drug-likeness (QED) is 0.226. The molecular weight excluding hydrogens is 460 g/mol. The van der Waals surface area contributed by atoms with E-state index in [1.54, 1.807) is 55.5 Å². The number of aryl methyl sites for hydroxylation is 1. The highest BCUT2D eigenvalue weighted by atomic mass is 79.9. The van der Waals surface area contributed by atoms with Gasteiger partial charge in [0.2, 0.25) is 0 Å². The fourth-order valence-corrected chi connectivity index (χ4v) is 2.86. The van der Waals surface area contributed by atoms with Crippen molar-refractivity contribution in [2.45, 2.75) is 20.0 Å². The largest absolute Gasteiger partial charge is 0.481 e. The number of hydrazone groups is 1. The van der Waals surface area contributed by atoms with E-state index in [1.807, 2.05) is 31.2 Å². The van der Waals surface area contributed by atoms with Crippen molar-refractivity contribution in [3.8, 4) is 11.5 Å². The summed E-state index contributed by atoms with van der Waals surface area (Å²) < 4.78 is 11.9. The van der Waals surface area contributed by atoms with Gasteiger partial charge in [0.25, 0.3) is 5.91 Å². The van der Waals surface area contributed by atoms with Gasteiger partial charge in [-0.2, -0.15) is 5.10 Å². The average molecular weight is 481 g/mol. The Balaban J connectivity index is 1.50. The first-order valence-electron chi connectivity index (χ1n) is 9.55. The fourth-order valence-electron chi connectivity index (χ4n) is 2.59. The van der Waals surface area contributed by atoms with Crippen molar-refractivity contribution in [3.63, 3.8) is 0 Å². The second-order valence-electron chi connectivity index (χ2n) is 6.78. The third kappa shape index (κ3) is 6.79. The lowest BCUT2D eigenvalue weighted by Gasteiger charge is -2.12. The summed E-state index contributed by atoms with van der Waals surface area (Å²) in [7, 11) is 0. The molecule has 0 spiro atoms. The fraction of sp³-hybridized carbons (Fsp3) is 0.125. The van der Waals surface area contributed by atoms with Crippen molar-refractivity contribution >= 4 is 34.0 Å². The number of rotatable bonds is 7. The number of hydrogen-bond donors (Lipinski definition) is 1. The molecule has 31 heavy (non-hydrogen) atoms. The molecular formula is C24H21BrN2O4. The van der Waals surface area contributed by atoms with Crippen LogP contribution in [0.1, 0.15) is 28.4 Å². The Morgan fingerprint density at radius 1 is 1.00 bits per heavy atom. The Morgan fingerprint density at radius 3 is 2.35 bits per heavy atom. The van der Waals surface area contributed by atoms with E-state index >= 15 is 0 Å². The van der Waals surface area contributed by atoms with Crippen molar-refractivity contribution in [2.75, 3.05) is 0 Å². The zero-order chi connectivity index (χ0) is 22.2. The highest BCUT2D eigenvalue weighted by Crippen LogP contribution is 2.17. The number of esters is 1. The van der Waals surface area contributed by atoms with Crippen molar-refractivity contribution < 1.29 is 19.1 Å². The number of halogens is 1. The van der Waals surface area contributed by atoms with E-state index < -0.39 is 12.1 Å². The smallest absolute Gasteiger partial charge is 0.343 e. The highest BCUT2D eigenvalue weighted by Gasteiger charge is 2.13. The van der Waals surface area contributed by atoms with Gasteiger partial charge in [-0.1, -0.05) is 33.6 Å². The molecule has 0 bridgehead atoms. The number of benzene rings is 3. The zero-order valence-electron chi connectivity index (χ0n) is 17.0. The molecule has 0 aliphatic rings. The van der Waals surface area contributed by atoms with Crippen molar-refractivity contribution in [1.29, 1.82) is 0 Å². The van der Waals surface area contributed by atoms with Gasteiger partial charge in [0.15, 0.2) is 6.10 Å². The first kappa shape index (κ1) is 22.2. The van der Waals surface area contributed by atoms with Crippen LogP contribution in [-0.2, 0) is 4.79 Å². The molecule has 0 saturated carbocycles. The zero-order valence-corrected chi connectivity index (χ0v) is 18.6. The van der Waals surface area contributed by atoms with E-state index in [2.05, 4.69) is 26.5 Å². The molecule has 0 aliphatic carbocycles. The summed E-state index contributed by atoms with van der Waals surface area (Å²) in [5.41, 5.74) is 4.66. The SMILES string of the molecule is Cc1cccc(C(=O)Oc2ccc(/C=N\NC(=O)[C@H](C)Oc3ccc(Br)cc3)cc2)c1. The summed E-state index contributed by atoms with van der Waals surface area (Å²) in [6.45, 7) is 3.56. The van der Waals surface area contributed by atoms with Crippen LogP contribution in [0.3, 0.4) is 0 Å². The minimum atomic E-state index is -0.707. The number of hydrogen-bond acceptors (Lipinski definition) is 5. The summed E-state index contributed by atoms with van der Waals surface area (Å²) in [4.78, 5) is 24.3. The van der Waals surface area contributed by atoms with E-state index in [9.17, 15) is 9.59 Å². The van der Waals surface area contributed by atoms with Crippen molar-refractivity contribution in [3.05, 3.63) is 94.0 Å². The van der Waals surface area contributed by atoms with Crippen LogP contribution in [0, 0.1) is 6.92 Å². The van der Waals surface area contributed by atoms with Crippen LogP contribution in [-0.4, -0.2) is 24.2 Å². The third-order valence-corrected chi connectivity index (χ3v) is 4.76. The molecule has 3 aromatic rings. The Hall–Kier alpha value is -3.45. The maximum absolute atomic E-state index is 12.2. The predicted octanol–water partition coefficient (Wildman–Crippen LogP) is 4.89. The molecule has 0 heterocycles. The van der Waals surface area contributed by atoms with Gasteiger partial charge in [-0.15, -0.1) is 0 Å². The number of amides is 1. The van der Waals surface area contributed by atoms with Crippen molar-refractivity contribution in [2.24, 2.45) is 5.10 Å². The monoisotopic (exact) mass is 480 g/mol. The van der Waals surface area contributed by atoms with E-state index in [0.717, 1.165) is 15.6 Å². The highest BCUT2D eigenvalue weighted by molar-refractivity contribution is 9.10. The van der Waals surface area contributed by atoms with Crippen LogP contribution in [0.15, 0.2) is 82.4 Å². The Kier molecular flexibility index (Phi) is 7.56.